The molecule has 4 rings (SSSR count). The molecule has 1 fully saturated rings. The van der Waals surface area contributed by atoms with E-state index < -0.39 is 0 Å². The lowest BCUT2D eigenvalue weighted by atomic mass is 9.53. The predicted octanol–water partition coefficient (Wildman–Crippen LogP) is 5.22. The van der Waals surface area contributed by atoms with Gasteiger partial charge in [-0.2, -0.15) is 0 Å². The van der Waals surface area contributed by atoms with Gasteiger partial charge in [0.05, 0.1) is 12.7 Å². The van der Waals surface area contributed by atoms with Gasteiger partial charge in [-0.15, -0.1) is 0 Å². The maximum atomic E-state index is 10.7. The highest BCUT2D eigenvalue weighted by Crippen LogP contribution is 2.58. The number of nitrogens with zero attached hydrogens (tertiary/aromatic N) is 1. The van der Waals surface area contributed by atoms with Crippen molar-refractivity contribution in [2.45, 2.75) is 71.6 Å². The Bertz CT molecular complexity index is 876. The lowest BCUT2D eigenvalue weighted by Gasteiger charge is -2.53. The lowest BCUT2D eigenvalue weighted by molar-refractivity contribution is 0.00725. The van der Waals surface area contributed by atoms with Gasteiger partial charge in [0.25, 0.3) is 0 Å². The van der Waals surface area contributed by atoms with Gasteiger partial charge in [-0.1, -0.05) is 57.2 Å². The SMILES string of the molecule is Cc1ccc(O)c2c1C(C)(C)[C@@]1(C)CCN(C[C@@H](C)OCc3ccccc3)[C@@H]1C2. The molecule has 2 aromatic carbocycles. The van der Waals surface area contributed by atoms with Crippen molar-refractivity contribution in [3.63, 3.8) is 0 Å². The van der Waals surface area contributed by atoms with E-state index in [1.807, 2.05) is 12.1 Å². The molecular formula is C26H35NO2. The first kappa shape index (κ1) is 20.4. The molecule has 3 atom stereocenters. The van der Waals surface area contributed by atoms with E-state index in [9.17, 15) is 5.11 Å². The number of aromatic hydroxyl groups is 1. The van der Waals surface area contributed by atoms with Crippen molar-refractivity contribution in [3.8, 4) is 5.75 Å². The zero-order valence-corrected chi connectivity index (χ0v) is 18.5. The fraction of sp³-hybridized carbons (Fsp3) is 0.538. The number of fused-ring (bicyclic) bond motifs is 2. The lowest BCUT2D eigenvalue weighted by Crippen LogP contribution is -2.54. The van der Waals surface area contributed by atoms with Crippen LogP contribution in [0.1, 0.15) is 56.4 Å². The maximum Gasteiger partial charge on any atom is 0.119 e. The highest BCUT2D eigenvalue weighted by Gasteiger charge is 2.57. The van der Waals surface area contributed by atoms with E-state index in [1.165, 1.54) is 23.1 Å². The van der Waals surface area contributed by atoms with Crippen LogP contribution in [0, 0.1) is 12.3 Å². The number of hydrogen-bond acceptors (Lipinski definition) is 3. The second-order valence-electron chi connectivity index (χ2n) is 9.87. The Labute approximate surface area is 175 Å². The first-order valence-corrected chi connectivity index (χ1v) is 11.0. The average molecular weight is 394 g/mol. The Kier molecular flexibility index (Phi) is 5.25. The van der Waals surface area contributed by atoms with Crippen LogP contribution in [-0.2, 0) is 23.2 Å². The quantitative estimate of drug-likeness (QED) is 0.756. The second kappa shape index (κ2) is 7.45. The van der Waals surface area contributed by atoms with Gasteiger partial charge in [0.15, 0.2) is 0 Å². The monoisotopic (exact) mass is 393 g/mol. The summed E-state index contributed by atoms with van der Waals surface area (Å²) in [5.74, 6) is 0.459. The Morgan fingerprint density at radius 2 is 1.86 bits per heavy atom. The molecule has 1 aliphatic heterocycles. The normalized spacial score (nSPS) is 26.7. The molecule has 0 aromatic heterocycles. The fourth-order valence-corrected chi connectivity index (χ4v) is 5.91. The van der Waals surface area contributed by atoms with Gasteiger partial charge in [0.1, 0.15) is 5.75 Å². The highest BCUT2D eigenvalue weighted by atomic mass is 16.5. The Morgan fingerprint density at radius 1 is 1.14 bits per heavy atom. The van der Waals surface area contributed by atoms with Crippen molar-refractivity contribution in [1.82, 2.24) is 4.90 Å². The number of phenolic OH excluding ortho intramolecular Hbond substituents is 1. The van der Waals surface area contributed by atoms with Crippen LogP contribution in [0.2, 0.25) is 0 Å². The van der Waals surface area contributed by atoms with E-state index >= 15 is 0 Å². The molecule has 0 amide bonds. The van der Waals surface area contributed by atoms with Gasteiger partial charge in [-0.3, -0.25) is 4.90 Å². The van der Waals surface area contributed by atoms with E-state index in [2.05, 4.69) is 69.9 Å². The van der Waals surface area contributed by atoms with Crippen LogP contribution >= 0.6 is 0 Å². The summed E-state index contributed by atoms with van der Waals surface area (Å²) in [5, 5.41) is 10.7. The van der Waals surface area contributed by atoms with E-state index in [0.717, 1.165) is 25.1 Å². The van der Waals surface area contributed by atoms with Crippen LogP contribution in [0.15, 0.2) is 42.5 Å². The number of aryl methyl sites for hydroxylation is 1. The Balaban J connectivity index is 1.53. The Hall–Kier alpha value is -1.84. The third-order valence-electron chi connectivity index (χ3n) is 7.91. The third-order valence-corrected chi connectivity index (χ3v) is 7.91. The van der Waals surface area contributed by atoms with Crippen LogP contribution in [0.4, 0.5) is 0 Å². The Morgan fingerprint density at radius 3 is 2.59 bits per heavy atom. The molecule has 0 spiro atoms. The van der Waals surface area contributed by atoms with Crippen LogP contribution < -0.4 is 0 Å². The van der Waals surface area contributed by atoms with Crippen molar-refractivity contribution in [2.75, 3.05) is 13.1 Å². The first-order valence-electron chi connectivity index (χ1n) is 11.0. The molecule has 0 radical (unpaired) electrons. The fourth-order valence-electron chi connectivity index (χ4n) is 5.91. The van der Waals surface area contributed by atoms with E-state index in [0.29, 0.717) is 18.4 Å². The van der Waals surface area contributed by atoms with Crippen LogP contribution in [0.25, 0.3) is 0 Å². The molecule has 1 N–H and O–H groups in total. The zero-order chi connectivity index (χ0) is 20.8. The summed E-state index contributed by atoms with van der Waals surface area (Å²) < 4.78 is 6.18. The van der Waals surface area contributed by atoms with Gasteiger partial charge >= 0.3 is 0 Å². The standard InChI is InChI=1S/C26H35NO2/c1-18-11-12-22(28)21-15-23-26(5,25(3,4)24(18)21)13-14-27(23)16-19(2)29-17-20-9-7-6-8-10-20/h6-12,19,23,28H,13-17H2,1-5H3/t19-,23-,26+/m1/s1. The molecule has 3 heteroatoms. The molecule has 3 nitrogen and oxygen atoms in total. The summed E-state index contributed by atoms with van der Waals surface area (Å²) in [6.07, 6.45) is 2.28. The summed E-state index contributed by atoms with van der Waals surface area (Å²) in [5.41, 5.74) is 5.27. The summed E-state index contributed by atoms with van der Waals surface area (Å²) in [6.45, 7) is 14.3. The van der Waals surface area contributed by atoms with Gasteiger partial charge in [0, 0.05) is 12.6 Å². The molecule has 2 aliphatic rings. The van der Waals surface area contributed by atoms with Crippen molar-refractivity contribution in [2.24, 2.45) is 5.41 Å². The minimum atomic E-state index is 0.0248. The zero-order valence-electron chi connectivity index (χ0n) is 18.5. The minimum Gasteiger partial charge on any atom is -0.508 e. The van der Waals surface area contributed by atoms with E-state index in [4.69, 9.17) is 4.74 Å². The van der Waals surface area contributed by atoms with E-state index in [1.54, 1.807) is 0 Å². The molecule has 29 heavy (non-hydrogen) atoms. The topological polar surface area (TPSA) is 32.7 Å². The highest BCUT2D eigenvalue weighted by molar-refractivity contribution is 5.52. The number of phenols is 1. The molecule has 2 aromatic rings. The third kappa shape index (κ3) is 3.39. The van der Waals surface area contributed by atoms with Crippen LogP contribution in [-0.4, -0.2) is 35.2 Å². The number of ether oxygens (including phenoxy) is 1. The molecule has 156 valence electrons. The van der Waals surface area contributed by atoms with Crippen molar-refractivity contribution >= 4 is 0 Å². The number of benzene rings is 2. The van der Waals surface area contributed by atoms with Crippen LogP contribution in [0.3, 0.4) is 0 Å². The number of likely N-dealkylation sites (tertiary alicyclic amines) is 1. The minimum absolute atomic E-state index is 0.0248. The molecule has 1 saturated heterocycles. The van der Waals surface area contributed by atoms with Crippen molar-refractivity contribution in [3.05, 3.63) is 64.7 Å². The molecule has 1 heterocycles. The van der Waals surface area contributed by atoms with E-state index in [-0.39, 0.29) is 16.9 Å². The summed E-state index contributed by atoms with van der Waals surface area (Å²) >= 11 is 0. The largest absolute Gasteiger partial charge is 0.508 e. The number of rotatable bonds is 5. The molecule has 1 aliphatic carbocycles. The van der Waals surface area contributed by atoms with Crippen molar-refractivity contribution in [1.29, 1.82) is 0 Å². The van der Waals surface area contributed by atoms with Gasteiger partial charge < -0.3 is 9.84 Å². The van der Waals surface area contributed by atoms with Gasteiger partial charge in [-0.25, -0.2) is 0 Å². The summed E-state index contributed by atoms with van der Waals surface area (Å²) in [7, 11) is 0. The number of hydrogen-bond donors (Lipinski definition) is 1. The maximum absolute atomic E-state index is 10.7. The molecule has 0 unspecified atom stereocenters. The predicted molar refractivity (Wildman–Crippen MR) is 118 cm³/mol. The van der Waals surface area contributed by atoms with Crippen LogP contribution in [0.5, 0.6) is 5.75 Å². The molecular weight excluding hydrogens is 358 g/mol. The van der Waals surface area contributed by atoms with Gasteiger partial charge in [0.2, 0.25) is 0 Å². The van der Waals surface area contributed by atoms with Gasteiger partial charge in [-0.05, 0) is 72.4 Å². The molecule has 0 saturated carbocycles. The average Bonchev–Trinajstić information content (AvgIpc) is 3.01. The smallest absolute Gasteiger partial charge is 0.119 e. The molecule has 0 bridgehead atoms. The second-order valence-corrected chi connectivity index (χ2v) is 9.87. The first-order chi connectivity index (χ1) is 13.7. The summed E-state index contributed by atoms with van der Waals surface area (Å²) in [4.78, 5) is 2.61. The van der Waals surface area contributed by atoms with Crippen molar-refractivity contribution < 1.29 is 9.84 Å². The summed E-state index contributed by atoms with van der Waals surface area (Å²) in [6, 6.07) is 14.8.